The van der Waals surface area contributed by atoms with E-state index >= 15 is 0 Å². The number of rotatable bonds is 0. The molecule has 2 rings (SSSR count). The second-order valence-electron chi connectivity index (χ2n) is 2.50. The van der Waals surface area contributed by atoms with Gasteiger partial charge in [0.05, 0.1) is 13.2 Å². The van der Waals surface area contributed by atoms with E-state index in [9.17, 15) is 0 Å². The van der Waals surface area contributed by atoms with E-state index in [-0.39, 0.29) is 0 Å². The molecule has 0 saturated heterocycles. The summed E-state index contributed by atoms with van der Waals surface area (Å²) < 4.78 is 5.30. The van der Waals surface area contributed by atoms with Crippen molar-refractivity contribution in [2.24, 2.45) is 0 Å². The number of fused-ring (bicyclic) bond motifs is 1. The molecule has 0 atom stereocenters. The summed E-state index contributed by atoms with van der Waals surface area (Å²) in [6.45, 7) is 7.54. The van der Waals surface area contributed by atoms with E-state index in [2.05, 4.69) is 4.85 Å². The van der Waals surface area contributed by atoms with Gasteiger partial charge in [-0.15, -0.1) is 0 Å². The standard InChI is InChI=1S/C9H7NO/c1-10-8-3-2-7-4-5-11-9(7)6-8/h2-3,6H,4-5H2. The van der Waals surface area contributed by atoms with Crippen LogP contribution in [0.2, 0.25) is 0 Å². The average molecular weight is 145 g/mol. The number of ether oxygens (including phenoxy) is 1. The van der Waals surface area contributed by atoms with E-state index in [4.69, 9.17) is 11.3 Å². The highest BCUT2D eigenvalue weighted by Crippen LogP contribution is 2.29. The maximum absolute atomic E-state index is 6.78. The van der Waals surface area contributed by atoms with Gasteiger partial charge in [0, 0.05) is 6.42 Å². The van der Waals surface area contributed by atoms with Gasteiger partial charge in [0.15, 0.2) is 5.69 Å². The molecule has 11 heavy (non-hydrogen) atoms. The lowest BCUT2D eigenvalue weighted by molar-refractivity contribution is 0.357. The Bertz CT molecular complexity index is 325. The Kier molecular flexibility index (Phi) is 1.29. The van der Waals surface area contributed by atoms with E-state index in [1.807, 2.05) is 12.1 Å². The Morgan fingerprint density at radius 1 is 1.45 bits per heavy atom. The average Bonchev–Trinajstić information content (AvgIpc) is 2.50. The van der Waals surface area contributed by atoms with Crippen molar-refractivity contribution >= 4 is 5.69 Å². The topological polar surface area (TPSA) is 13.6 Å². The molecule has 2 heteroatoms. The van der Waals surface area contributed by atoms with Crippen molar-refractivity contribution in [3.05, 3.63) is 35.2 Å². The largest absolute Gasteiger partial charge is 0.494 e. The molecule has 1 aromatic rings. The predicted octanol–water partition coefficient (Wildman–Crippen LogP) is 2.17. The Balaban J connectivity index is 2.51. The van der Waals surface area contributed by atoms with Crippen LogP contribution in [0.15, 0.2) is 18.2 Å². The maximum atomic E-state index is 6.78. The van der Waals surface area contributed by atoms with Gasteiger partial charge in [0.25, 0.3) is 0 Å². The van der Waals surface area contributed by atoms with Crippen molar-refractivity contribution in [1.29, 1.82) is 0 Å². The fourth-order valence-corrected chi connectivity index (χ4v) is 1.22. The van der Waals surface area contributed by atoms with Gasteiger partial charge in [-0.05, 0) is 11.6 Å². The van der Waals surface area contributed by atoms with Crippen LogP contribution in [0.4, 0.5) is 5.69 Å². The second kappa shape index (κ2) is 2.28. The summed E-state index contributed by atoms with van der Waals surface area (Å²) in [5.74, 6) is 0.888. The predicted molar refractivity (Wildman–Crippen MR) is 41.9 cm³/mol. The number of nitrogens with zero attached hydrogens (tertiary/aromatic N) is 1. The zero-order valence-corrected chi connectivity index (χ0v) is 6.00. The molecule has 0 spiro atoms. The first kappa shape index (κ1) is 6.23. The van der Waals surface area contributed by atoms with Gasteiger partial charge in [0.1, 0.15) is 5.75 Å². The summed E-state index contributed by atoms with van der Waals surface area (Å²) in [5, 5.41) is 0. The van der Waals surface area contributed by atoms with Crippen molar-refractivity contribution in [1.82, 2.24) is 0 Å². The van der Waals surface area contributed by atoms with Crippen LogP contribution in [0, 0.1) is 6.57 Å². The van der Waals surface area contributed by atoms with Gasteiger partial charge in [-0.3, -0.25) is 0 Å². The van der Waals surface area contributed by atoms with Crippen molar-refractivity contribution < 1.29 is 4.74 Å². The first-order chi connectivity index (χ1) is 5.40. The zero-order valence-electron chi connectivity index (χ0n) is 6.00. The van der Waals surface area contributed by atoms with E-state index < -0.39 is 0 Å². The van der Waals surface area contributed by atoms with Crippen LogP contribution in [0.25, 0.3) is 4.85 Å². The summed E-state index contributed by atoms with van der Waals surface area (Å²) >= 11 is 0. The lowest BCUT2D eigenvalue weighted by Crippen LogP contribution is -1.85. The molecule has 0 aromatic heterocycles. The summed E-state index contributed by atoms with van der Waals surface area (Å²) in [6.07, 6.45) is 0.980. The van der Waals surface area contributed by atoms with E-state index in [1.165, 1.54) is 5.56 Å². The number of hydrogen-bond acceptors (Lipinski definition) is 1. The van der Waals surface area contributed by atoms with Crippen LogP contribution in [0.3, 0.4) is 0 Å². The molecule has 54 valence electrons. The van der Waals surface area contributed by atoms with Crippen LogP contribution < -0.4 is 4.74 Å². The molecule has 1 aliphatic rings. The van der Waals surface area contributed by atoms with Gasteiger partial charge in [0.2, 0.25) is 0 Å². The summed E-state index contributed by atoms with van der Waals surface area (Å²) in [5.41, 5.74) is 1.88. The molecule has 0 amide bonds. The zero-order chi connectivity index (χ0) is 7.68. The monoisotopic (exact) mass is 145 g/mol. The lowest BCUT2D eigenvalue weighted by atomic mass is 10.1. The first-order valence-corrected chi connectivity index (χ1v) is 3.53. The summed E-state index contributed by atoms with van der Waals surface area (Å²) in [4.78, 5) is 3.32. The van der Waals surface area contributed by atoms with Crippen LogP contribution >= 0.6 is 0 Å². The van der Waals surface area contributed by atoms with Gasteiger partial charge >= 0.3 is 0 Å². The lowest BCUT2D eigenvalue weighted by Gasteiger charge is -1.97. The first-order valence-electron chi connectivity index (χ1n) is 3.53. The van der Waals surface area contributed by atoms with Crippen molar-refractivity contribution in [3.8, 4) is 5.75 Å². The Hall–Kier alpha value is -1.49. The third-order valence-electron chi connectivity index (χ3n) is 1.81. The fourth-order valence-electron chi connectivity index (χ4n) is 1.22. The van der Waals surface area contributed by atoms with Gasteiger partial charge in [-0.2, -0.15) is 0 Å². The van der Waals surface area contributed by atoms with Crippen molar-refractivity contribution in [2.45, 2.75) is 6.42 Å². The van der Waals surface area contributed by atoms with E-state index in [1.54, 1.807) is 6.07 Å². The SMILES string of the molecule is [C-]#[N+]c1ccc2c(c1)OCC2. The molecular formula is C9H7NO. The van der Waals surface area contributed by atoms with Crippen LogP contribution in [0.1, 0.15) is 5.56 Å². The highest BCUT2D eigenvalue weighted by molar-refractivity contribution is 5.53. The highest BCUT2D eigenvalue weighted by Gasteiger charge is 2.10. The smallest absolute Gasteiger partial charge is 0.190 e. The fraction of sp³-hybridized carbons (Fsp3) is 0.222. The van der Waals surface area contributed by atoms with Crippen molar-refractivity contribution in [2.75, 3.05) is 6.61 Å². The Morgan fingerprint density at radius 3 is 3.18 bits per heavy atom. The van der Waals surface area contributed by atoms with Gasteiger partial charge in [-0.25, -0.2) is 4.85 Å². The summed E-state index contributed by atoms with van der Waals surface area (Å²) in [7, 11) is 0. The van der Waals surface area contributed by atoms with Crippen LogP contribution in [-0.2, 0) is 6.42 Å². The van der Waals surface area contributed by atoms with E-state index in [0.29, 0.717) is 5.69 Å². The summed E-state index contributed by atoms with van der Waals surface area (Å²) in [6, 6.07) is 5.60. The van der Waals surface area contributed by atoms with Crippen molar-refractivity contribution in [3.63, 3.8) is 0 Å². The molecule has 1 heterocycles. The molecule has 0 saturated carbocycles. The molecule has 1 aliphatic heterocycles. The highest BCUT2D eigenvalue weighted by atomic mass is 16.5. The molecule has 0 aliphatic carbocycles. The van der Waals surface area contributed by atoms with Crippen LogP contribution in [-0.4, -0.2) is 6.61 Å². The Morgan fingerprint density at radius 2 is 2.36 bits per heavy atom. The van der Waals surface area contributed by atoms with E-state index in [0.717, 1.165) is 18.8 Å². The second-order valence-corrected chi connectivity index (χ2v) is 2.50. The normalized spacial score (nSPS) is 13.4. The molecule has 2 nitrogen and oxygen atoms in total. The molecule has 0 N–H and O–H groups in total. The molecule has 0 unspecified atom stereocenters. The molecule has 1 aromatic carbocycles. The third-order valence-corrected chi connectivity index (χ3v) is 1.81. The minimum Gasteiger partial charge on any atom is -0.494 e. The van der Waals surface area contributed by atoms with Crippen LogP contribution in [0.5, 0.6) is 5.75 Å². The minimum atomic E-state index is 0.658. The van der Waals surface area contributed by atoms with Gasteiger partial charge in [-0.1, -0.05) is 12.1 Å². The number of hydrogen-bond donors (Lipinski definition) is 0. The quantitative estimate of drug-likeness (QED) is 0.510. The third kappa shape index (κ3) is 0.947. The Labute approximate surface area is 65.2 Å². The minimum absolute atomic E-state index is 0.658. The molecular weight excluding hydrogens is 138 g/mol. The van der Waals surface area contributed by atoms with Gasteiger partial charge < -0.3 is 4.74 Å². The number of benzene rings is 1. The molecule has 0 fully saturated rings. The molecule has 0 radical (unpaired) electrons. The molecule has 0 bridgehead atoms. The maximum Gasteiger partial charge on any atom is 0.190 e.